The van der Waals surface area contributed by atoms with Gasteiger partial charge in [-0.1, -0.05) is 29.8 Å². The summed E-state index contributed by atoms with van der Waals surface area (Å²) in [5.41, 5.74) is 1.53. The molecule has 5 nitrogen and oxygen atoms in total. The Morgan fingerprint density at radius 3 is 2.62 bits per heavy atom. The van der Waals surface area contributed by atoms with Crippen molar-refractivity contribution in [1.29, 1.82) is 0 Å². The molecular formula is C17H20ClNO4S. The molecule has 1 aromatic rings. The minimum Gasteiger partial charge on any atom is -0.469 e. The summed E-state index contributed by atoms with van der Waals surface area (Å²) in [5, 5.41) is 0.503. The maximum atomic E-state index is 12.4. The minimum absolute atomic E-state index is 0.155. The van der Waals surface area contributed by atoms with Crippen molar-refractivity contribution in [2.75, 3.05) is 27.3 Å². The third kappa shape index (κ3) is 4.32. The second-order valence-electron chi connectivity index (χ2n) is 5.47. The zero-order chi connectivity index (χ0) is 17.7. The fraction of sp³-hybridized carbons (Fsp3) is 0.412. The van der Waals surface area contributed by atoms with Crippen LogP contribution in [0.1, 0.15) is 24.4 Å². The first-order valence-corrected chi connectivity index (χ1v) is 8.33. The lowest BCUT2D eigenvalue weighted by Gasteiger charge is -2.34. The third-order valence-corrected chi connectivity index (χ3v) is 4.90. The third-order valence-electron chi connectivity index (χ3n) is 4.01. The highest BCUT2D eigenvalue weighted by Crippen LogP contribution is 2.33. The Bertz CT molecular complexity index is 662. The van der Waals surface area contributed by atoms with E-state index in [0.29, 0.717) is 30.1 Å². The van der Waals surface area contributed by atoms with E-state index in [-0.39, 0.29) is 18.4 Å². The second-order valence-corrected chi connectivity index (χ2v) is 6.42. The van der Waals surface area contributed by atoms with Crippen LogP contribution in [-0.2, 0) is 19.1 Å². The Labute approximate surface area is 152 Å². The SMILES string of the molecule is COC(=O)CC1=C(S)CCN([C@H](C(=O)OC)c2ccccc2Cl)C1. The normalized spacial score (nSPS) is 16.7. The van der Waals surface area contributed by atoms with Crippen molar-refractivity contribution in [3.63, 3.8) is 0 Å². The van der Waals surface area contributed by atoms with E-state index in [9.17, 15) is 9.59 Å². The van der Waals surface area contributed by atoms with Crippen LogP contribution in [0, 0.1) is 0 Å². The summed E-state index contributed by atoms with van der Waals surface area (Å²) >= 11 is 10.7. The first-order chi connectivity index (χ1) is 11.5. The Hall–Kier alpha value is -1.50. The lowest BCUT2D eigenvalue weighted by atomic mass is 10.00. The monoisotopic (exact) mass is 369 g/mol. The van der Waals surface area contributed by atoms with Crippen molar-refractivity contribution in [2.24, 2.45) is 0 Å². The zero-order valence-corrected chi connectivity index (χ0v) is 15.3. The molecule has 1 aliphatic heterocycles. The van der Waals surface area contributed by atoms with E-state index < -0.39 is 6.04 Å². The van der Waals surface area contributed by atoms with Crippen LogP contribution in [0.25, 0.3) is 0 Å². The topological polar surface area (TPSA) is 55.8 Å². The summed E-state index contributed by atoms with van der Waals surface area (Å²) in [6.07, 6.45) is 0.801. The first kappa shape index (κ1) is 18.8. The molecule has 1 atom stereocenters. The molecule has 7 heteroatoms. The summed E-state index contributed by atoms with van der Waals surface area (Å²) < 4.78 is 9.70. The molecule has 1 aliphatic rings. The Morgan fingerprint density at radius 1 is 1.29 bits per heavy atom. The molecule has 1 aromatic carbocycles. The van der Waals surface area contributed by atoms with Gasteiger partial charge in [-0.05, 0) is 28.5 Å². The van der Waals surface area contributed by atoms with Crippen molar-refractivity contribution in [1.82, 2.24) is 4.90 Å². The summed E-state index contributed by atoms with van der Waals surface area (Å²) in [6, 6.07) is 6.56. The number of halogens is 1. The molecule has 0 amide bonds. The molecule has 0 unspecified atom stereocenters. The number of nitrogens with zero attached hydrogens (tertiary/aromatic N) is 1. The molecule has 0 bridgehead atoms. The van der Waals surface area contributed by atoms with Crippen molar-refractivity contribution in [3.8, 4) is 0 Å². The number of carbonyl (C=O) groups is 2. The molecule has 0 saturated heterocycles. The van der Waals surface area contributed by atoms with Gasteiger partial charge in [0.25, 0.3) is 0 Å². The number of carbonyl (C=O) groups excluding carboxylic acids is 2. The second kappa shape index (κ2) is 8.55. The van der Waals surface area contributed by atoms with Gasteiger partial charge in [0.15, 0.2) is 0 Å². The van der Waals surface area contributed by atoms with Gasteiger partial charge in [-0.15, -0.1) is 12.6 Å². The van der Waals surface area contributed by atoms with Crippen LogP contribution in [0.4, 0.5) is 0 Å². The van der Waals surface area contributed by atoms with Gasteiger partial charge in [0.1, 0.15) is 6.04 Å². The quantitative estimate of drug-likeness (QED) is 0.638. The Balaban J connectivity index is 2.30. The molecule has 0 aliphatic carbocycles. The summed E-state index contributed by atoms with van der Waals surface area (Å²) in [4.78, 5) is 26.8. The number of hydrogen-bond acceptors (Lipinski definition) is 6. The number of ether oxygens (including phenoxy) is 2. The van der Waals surface area contributed by atoms with E-state index in [4.69, 9.17) is 21.1 Å². The maximum absolute atomic E-state index is 12.4. The highest BCUT2D eigenvalue weighted by Gasteiger charge is 2.33. The standard InChI is InChI=1S/C17H20ClNO4S/c1-22-15(20)9-11-10-19(8-7-14(11)24)16(17(21)23-2)12-5-3-4-6-13(12)18/h3-6,16,24H,7-10H2,1-2H3/t16-/m0/s1. The molecule has 130 valence electrons. The number of esters is 2. The van der Waals surface area contributed by atoms with Crippen LogP contribution >= 0.6 is 24.2 Å². The molecule has 0 fully saturated rings. The molecule has 0 radical (unpaired) electrons. The first-order valence-electron chi connectivity index (χ1n) is 7.51. The van der Waals surface area contributed by atoms with Crippen LogP contribution in [0.5, 0.6) is 0 Å². The number of rotatable bonds is 5. The molecule has 0 spiro atoms. The lowest BCUT2D eigenvalue weighted by molar-refractivity contribution is -0.147. The number of thiol groups is 1. The lowest BCUT2D eigenvalue weighted by Crippen LogP contribution is -2.39. The van der Waals surface area contributed by atoms with E-state index in [1.165, 1.54) is 14.2 Å². The average Bonchev–Trinajstić information content (AvgIpc) is 2.59. The van der Waals surface area contributed by atoms with Crippen molar-refractivity contribution >= 4 is 36.2 Å². The van der Waals surface area contributed by atoms with E-state index in [2.05, 4.69) is 12.6 Å². The van der Waals surface area contributed by atoms with Gasteiger partial charge < -0.3 is 9.47 Å². The fourth-order valence-electron chi connectivity index (χ4n) is 2.75. The van der Waals surface area contributed by atoms with Crippen LogP contribution in [0.2, 0.25) is 5.02 Å². The van der Waals surface area contributed by atoms with Gasteiger partial charge in [0.05, 0.1) is 20.6 Å². The van der Waals surface area contributed by atoms with Crippen LogP contribution in [-0.4, -0.2) is 44.1 Å². The van der Waals surface area contributed by atoms with Gasteiger partial charge in [-0.2, -0.15) is 0 Å². The van der Waals surface area contributed by atoms with Crippen molar-refractivity contribution in [3.05, 3.63) is 45.3 Å². The minimum atomic E-state index is -0.627. The maximum Gasteiger partial charge on any atom is 0.327 e. The van der Waals surface area contributed by atoms with Crippen LogP contribution in [0.15, 0.2) is 34.7 Å². The molecule has 0 aromatic heterocycles. The average molecular weight is 370 g/mol. The molecule has 1 heterocycles. The van der Waals surface area contributed by atoms with Crippen LogP contribution < -0.4 is 0 Å². The number of hydrogen-bond donors (Lipinski definition) is 1. The Morgan fingerprint density at radius 2 is 2.00 bits per heavy atom. The van der Waals surface area contributed by atoms with E-state index in [1.807, 2.05) is 23.1 Å². The summed E-state index contributed by atoms with van der Waals surface area (Å²) in [6.45, 7) is 1.05. The summed E-state index contributed by atoms with van der Waals surface area (Å²) in [5.74, 6) is -0.714. The molecular weight excluding hydrogens is 350 g/mol. The van der Waals surface area contributed by atoms with E-state index in [1.54, 1.807) is 6.07 Å². The van der Waals surface area contributed by atoms with Gasteiger partial charge in [0, 0.05) is 18.1 Å². The van der Waals surface area contributed by atoms with E-state index in [0.717, 1.165) is 10.5 Å². The highest BCUT2D eigenvalue weighted by molar-refractivity contribution is 7.84. The van der Waals surface area contributed by atoms with Crippen molar-refractivity contribution in [2.45, 2.75) is 18.9 Å². The summed E-state index contributed by atoms with van der Waals surface area (Å²) in [7, 11) is 2.70. The predicted octanol–water partition coefficient (Wildman–Crippen LogP) is 3.01. The zero-order valence-electron chi connectivity index (χ0n) is 13.6. The van der Waals surface area contributed by atoms with Gasteiger partial charge >= 0.3 is 11.9 Å². The van der Waals surface area contributed by atoms with Gasteiger partial charge in [0.2, 0.25) is 0 Å². The Kier molecular flexibility index (Phi) is 6.71. The van der Waals surface area contributed by atoms with Crippen molar-refractivity contribution < 1.29 is 19.1 Å². The number of benzene rings is 1. The largest absolute Gasteiger partial charge is 0.469 e. The van der Waals surface area contributed by atoms with E-state index >= 15 is 0 Å². The number of methoxy groups -OCH3 is 2. The van der Waals surface area contributed by atoms with Gasteiger partial charge in [-0.3, -0.25) is 9.69 Å². The highest BCUT2D eigenvalue weighted by atomic mass is 35.5. The predicted molar refractivity (Wildman–Crippen MR) is 95.0 cm³/mol. The van der Waals surface area contributed by atoms with Gasteiger partial charge in [-0.25, -0.2) is 4.79 Å². The fourth-order valence-corrected chi connectivity index (χ4v) is 3.24. The smallest absolute Gasteiger partial charge is 0.327 e. The molecule has 0 N–H and O–H groups in total. The van der Waals surface area contributed by atoms with Crippen LogP contribution in [0.3, 0.4) is 0 Å². The molecule has 0 saturated carbocycles. The molecule has 24 heavy (non-hydrogen) atoms. The molecule has 2 rings (SSSR count).